The Hall–Kier alpha value is -6.55. The second-order valence-corrected chi connectivity index (χ2v) is 16.7. The first kappa shape index (κ1) is 32.7. The fourth-order valence-corrected chi connectivity index (χ4v) is 11.6. The monoisotopic (exact) mass is 744 g/mol. The summed E-state index contributed by atoms with van der Waals surface area (Å²) in [5.41, 5.74) is 13.2. The quantitative estimate of drug-likeness (QED) is 0.180. The number of aromatic nitrogens is 2. The molecule has 2 unspecified atom stereocenters. The van der Waals surface area contributed by atoms with Gasteiger partial charge in [0.2, 0.25) is 0 Å². The standard InChI is InChI=1S/C54H36N2S/c1-33-23-30-44-49(48(33)36-24-26-38(27-25-36)53-55-47-22-12-10-20-42(47)50(56-53)37-15-3-2-4-16-37)41-19-9-11-21-43(41)54(44)45-31-28-34-13-5-7-17-39(34)51(45)57-52-40-18-8-6-14-35(40)29-32-46(52)54/h2-33,48H,1H3. The Kier molecular flexibility index (Phi) is 7.15. The molecule has 268 valence electrons. The molecule has 2 atom stereocenters. The lowest BCUT2D eigenvalue weighted by molar-refractivity contribution is 0.636. The third kappa shape index (κ3) is 4.67. The molecule has 2 nitrogen and oxygen atoms in total. The van der Waals surface area contributed by atoms with E-state index in [1.807, 2.05) is 17.8 Å². The molecule has 12 rings (SSSR count). The molecule has 1 aliphatic heterocycles. The molecular weight excluding hydrogens is 709 g/mol. The van der Waals surface area contributed by atoms with Crippen molar-refractivity contribution in [3.05, 3.63) is 221 Å². The molecule has 8 aromatic carbocycles. The summed E-state index contributed by atoms with van der Waals surface area (Å²) in [6.07, 6.45) is 4.94. The van der Waals surface area contributed by atoms with E-state index in [-0.39, 0.29) is 5.92 Å². The number of benzene rings is 8. The molecule has 0 bridgehead atoms. The highest BCUT2D eigenvalue weighted by molar-refractivity contribution is 8.00. The van der Waals surface area contributed by atoms with Gasteiger partial charge in [0.1, 0.15) is 0 Å². The van der Waals surface area contributed by atoms with Crippen LogP contribution in [0.4, 0.5) is 0 Å². The maximum absolute atomic E-state index is 5.19. The van der Waals surface area contributed by atoms with Crippen LogP contribution < -0.4 is 0 Å². The van der Waals surface area contributed by atoms with Crippen LogP contribution in [0.2, 0.25) is 0 Å². The summed E-state index contributed by atoms with van der Waals surface area (Å²) in [7, 11) is 0. The van der Waals surface area contributed by atoms with Crippen molar-refractivity contribution < 1.29 is 0 Å². The van der Waals surface area contributed by atoms with Crippen LogP contribution in [0.3, 0.4) is 0 Å². The highest BCUT2D eigenvalue weighted by atomic mass is 32.2. The normalized spacial score (nSPS) is 17.5. The molecule has 0 amide bonds. The predicted octanol–water partition coefficient (Wildman–Crippen LogP) is 13.8. The van der Waals surface area contributed by atoms with Gasteiger partial charge < -0.3 is 0 Å². The topological polar surface area (TPSA) is 25.8 Å². The van der Waals surface area contributed by atoms with Crippen molar-refractivity contribution >= 4 is 49.8 Å². The molecule has 57 heavy (non-hydrogen) atoms. The van der Waals surface area contributed by atoms with Crippen LogP contribution in [-0.2, 0) is 5.41 Å². The minimum atomic E-state index is -0.461. The van der Waals surface area contributed by atoms with Crippen LogP contribution in [0.25, 0.3) is 60.7 Å². The number of allylic oxidation sites excluding steroid dienone is 4. The zero-order valence-corrected chi connectivity index (χ0v) is 32.2. The highest BCUT2D eigenvalue weighted by Crippen LogP contribution is 2.66. The summed E-state index contributed by atoms with van der Waals surface area (Å²) in [5, 5.41) is 6.25. The largest absolute Gasteiger partial charge is 0.228 e. The summed E-state index contributed by atoms with van der Waals surface area (Å²) in [6, 6.07) is 64.5. The second-order valence-electron chi connectivity index (χ2n) is 15.6. The van der Waals surface area contributed by atoms with Crippen molar-refractivity contribution in [2.45, 2.75) is 28.0 Å². The van der Waals surface area contributed by atoms with E-state index < -0.39 is 5.41 Å². The Morgan fingerprint density at radius 2 is 1.12 bits per heavy atom. The predicted molar refractivity (Wildman–Crippen MR) is 237 cm³/mol. The average molecular weight is 745 g/mol. The molecule has 3 heteroatoms. The summed E-state index contributed by atoms with van der Waals surface area (Å²) < 4.78 is 0. The Morgan fingerprint density at radius 3 is 1.84 bits per heavy atom. The van der Waals surface area contributed by atoms with Crippen LogP contribution in [0.5, 0.6) is 0 Å². The van der Waals surface area contributed by atoms with Gasteiger partial charge in [-0.3, -0.25) is 0 Å². The Bertz CT molecular complexity index is 3090. The van der Waals surface area contributed by atoms with Crippen molar-refractivity contribution in [3.8, 4) is 22.6 Å². The van der Waals surface area contributed by atoms with Crippen molar-refractivity contribution in [2.24, 2.45) is 5.92 Å². The van der Waals surface area contributed by atoms with Crippen LogP contribution in [0, 0.1) is 5.92 Å². The molecule has 1 aromatic heterocycles. The molecule has 3 aliphatic rings. The number of rotatable bonds is 3. The van der Waals surface area contributed by atoms with Crippen LogP contribution >= 0.6 is 11.8 Å². The smallest absolute Gasteiger partial charge is 0.160 e. The number of para-hydroxylation sites is 1. The van der Waals surface area contributed by atoms with Gasteiger partial charge in [-0.15, -0.1) is 0 Å². The number of hydrogen-bond acceptors (Lipinski definition) is 3. The van der Waals surface area contributed by atoms with Gasteiger partial charge in [0, 0.05) is 32.2 Å². The molecule has 0 fully saturated rings. The van der Waals surface area contributed by atoms with Gasteiger partial charge in [-0.2, -0.15) is 0 Å². The van der Waals surface area contributed by atoms with E-state index in [4.69, 9.17) is 9.97 Å². The molecule has 0 N–H and O–H groups in total. The van der Waals surface area contributed by atoms with Crippen molar-refractivity contribution in [1.82, 2.24) is 9.97 Å². The lowest BCUT2D eigenvalue weighted by Gasteiger charge is -2.42. The van der Waals surface area contributed by atoms with E-state index in [1.165, 1.54) is 70.3 Å². The van der Waals surface area contributed by atoms with E-state index in [2.05, 4.69) is 189 Å². The minimum Gasteiger partial charge on any atom is -0.228 e. The summed E-state index contributed by atoms with van der Waals surface area (Å²) in [6.45, 7) is 2.38. The lowest BCUT2D eigenvalue weighted by atomic mass is 9.64. The van der Waals surface area contributed by atoms with Crippen LogP contribution in [0.15, 0.2) is 203 Å². The lowest BCUT2D eigenvalue weighted by Crippen LogP contribution is -2.33. The van der Waals surface area contributed by atoms with Crippen LogP contribution in [-0.4, -0.2) is 9.97 Å². The molecule has 1 spiro atoms. The van der Waals surface area contributed by atoms with Crippen molar-refractivity contribution in [1.29, 1.82) is 0 Å². The Morgan fingerprint density at radius 1 is 0.509 bits per heavy atom. The maximum Gasteiger partial charge on any atom is 0.160 e. The van der Waals surface area contributed by atoms with Gasteiger partial charge in [0.15, 0.2) is 5.82 Å². The summed E-state index contributed by atoms with van der Waals surface area (Å²) in [5.74, 6) is 1.21. The van der Waals surface area contributed by atoms with Crippen molar-refractivity contribution in [2.75, 3.05) is 0 Å². The first-order chi connectivity index (χ1) is 28.2. The van der Waals surface area contributed by atoms with E-state index in [0.717, 1.165) is 33.5 Å². The second kappa shape index (κ2) is 12.5. The Labute approximate surface area is 336 Å². The fraction of sp³-hybridized carbons (Fsp3) is 0.0741. The average Bonchev–Trinajstić information content (AvgIpc) is 3.56. The van der Waals surface area contributed by atoms with Crippen molar-refractivity contribution in [3.63, 3.8) is 0 Å². The molecule has 2 aliphatic carbocycles. The molecule has 0 saturated carbocycles. The van der Waals surface area contributed by atoms with Crippen LogP contribution in [0.1, 0.15) is 40.7 Å². The molecule has 2 heterocycles. The third-order valence-corrected chi connectivity index (χ3v) is 14.0. The van der Waals surface area contributed by atoms with Gasteiger partial charge in [-0.1, -0.05) is 201 Å². The summed E-state index contributed by atoms with van der Waals surface area (Å²) in [4.78, 5) is 13.0. The van der Waals surface area contributed by atoms with Gasteiger partial charge in [0.05, 0.1) is 16.6 Å². The molecular formula is C54H36N2S. The molecule has 0 saturated heterocycles. The SMILES string of the molecule is CC1C=CC2=C(c3ccccc3C23c2ccc4ccccc4c2Sc2c3ccc3ccccc23)C1c1ccc(-c2nc(-c3ccccc3)c3ccccc3n2)cc1. The van der Waals surface area contributed by atoms with Gasteiger partial charge in [0.25, 0.3) is 0 Å². The van der Waals surface area contributed by atoms with Gasteiger partial charge in [-0.05, 0) is 72.5 Å². The molecule has 9 aromatic rings. The van der Waals surface area contributed by atoms with E-state index in [9.17, 15) is 0 Å². The van der Waals surface area contributed by atoms with Gasteiger partial charge >= 0.3 is 0 Å². The number of fused-ring (bicyclic) bond motifs is 13. The zero-order valence-electron chi connectivity index (χ0n) is 31.4. The third-order valence-electron chi connectivity index (χ3n) is 12.7. The Balaban J connectivity index is 1.07. The maximum atomic E-state index is 5.19. The first-order valence-electron chi connectivity index (χ1n) is 19.9. The molecule has 0 radical (unpaired) electrons. The minimum absolute atomic E-state index is 0.166. The number of nitrogens with zero attached hydrogens (tertiary/aromatic N) is 2. The number of hydrogen-bond donors (Lipinski definition) is 0. The zero-order chi connectivity index (χ0) is 37.7. The summed E-state index contributed by atoms with van der Waals surface area (Å²) >= 11 is 1.96. The first-order valence-corrected chi connectivity index (χ1v) is 20.7. The van der Waals surface area contributed by atoms with Gasteiger partial charge in [-0.25, -0.2) is 9.97 Å². The van der Waals surface area contributed by atoms with E-state index in [0.29, 0.717) is 5.92 Å². The fourth-order valence-electron chi connectivity index (χ4n) is 10.2. The van der Waals surface area contributed by atoms with E-state index in [1.54, 1.807) is 0 Å². The van der Waals surface area contributed by atoms with E-state index >= 15 is 0 Å². The highest BCUT2D eigenvalue weighted by Gasteiger charge is 2.53.